The van der Waals surface area contributed by atoms with Crippen LogP contribution in [-0.4, -0.2) is 21.6 Å². The van der Waals surface area contributed by atoms with Crippen LogP contribution in [0.1, 0.15) is 13.8 Å². The molecular weight excluding hydrogens is 170 g/mol. The van der Waals surface area contributed by atoms with Crippen LogP contribution in [0.2, 0.25) is 0 Å². The maximum Gasteiger partial charge on any atom is 0.326 e. The van der Waals surface area contributed by atoms with Crippen molar-refractivity contribution >= 4 is 11.8 Å². The molecule has 0 saturated carbocycles. The van der Waals surface area contributed by atoms with Crippen LogP contribution in [0, 0.1) is 0 Å². The second-order valence-corrected chi connectivity index (χ2v) is 3.01. The standard InChI is InChI=1S/C8H13N3O2/c1-6(2)13-8(12)4-11-3-7(9)10-5-11/h3,5-6H,4,9H2,1-2H3. The number of nitrogen functional groups attached to an aromatic ring is 1. The molecule has 1 aromatic heterocycles. The second kappa shape index (κ2) is 3.93. The van der Waals surface area contributed by atoms with Crippen molar-refractivity contribution in [3.63, 3.8) is 0 Å². The van der Waals surface area contributed by atoms with Gasteiger partial charge >= 0.3 is 5.97 Å². The number of anilines is 1. The van der Waals surface area contributed by atoms with Gasteiger partial charge in [0.05, 0.1) is 12.4 Å². The average molecular weight is 183 g/mol. The van der Waals surface area contributed by atoms with Crippen LogP contribution in [0.25, 0.3) is 0 Å². The van der Waals surface area contributed by atoms with E-state index < -0.39 is 0 Å². The predicted molar refractivity (Wildman–Crippen MR) is 47.9 cm³/mol. The Morgan fingerprint density at radius 2 is 2.46 bits per heavy atom. The van der Waals surface area contributed by atoms with Gasteiger partial charge in [0.1, 0.15) is 12.4 Å². The van der Waals surface area contributed by atoms with Gasteiger partial charge < -0.3 is 15.0 Å². The van der Waals surface area contributed by atoms with Gasteiger partial charge in [-0.25, -0.2) is 4.98 Å². The van der Waals surface area contributed by atoms with Crippen molar-refractivity contribution < 1.29 is 9.53 Å². The number of carbonyl (C=O) groups is 1. The van der Waals surface area contributed by atoms with Gasteiger partial charge in [0, 0.05) is 6.20 Å². The number of esters is 1. The third-order valence-corrected chi connectivity index (χ3v) is 1.33. The molecule has 0 saturated heterocycles. The van der Waals surface area contributed by atoms with E-state index in [-0.39, 0.29) is 18.6 Å². The molecule has 1 aromatic rings. The maximum absolute atomic E-state index is 11.1. The summed E-state index contributed by atoms with van der Waals surface area (Å²) >= 11 is 0. The number of imidazole rings is 1. The Morgan fingerprint density at radius 1 is 1.77 bits per heavy atom. The topological polar surface area (TPSA) is 70.1 Å². The monoisotopic (exact) mass is 183 g/mol. The highest BCUT2D eigenvalue weighted by Gasteiger charge is 2.06. The smallest absolute Gasteiger partial charge is 0.326 e. The molecule has 5 heteroatoms. The van der Waals surface area contributed by atoms with Crippen LogP contribution in [0.4, 0.5) is 5.82 Å². The van der Waals surface area contributed by atoms with Crippen LogP contribution in [0.15, 0.2) is 12.5 Å². The van der Waals surface area contributed by atoms with Crippen molar-refractivity contribution in [2.75, 3.05) is 5.73 Å². The summed E-state index contributed by atoms with van der Waals surface area (Å²) in [5.41, 5.74) is 5.37. The Kier molecular flexibility index (Phi) is 2.89. The number of aromatic nitrogens is 2. The third-order valence-electron chi connectivity index (χ3n) is 1.33. The van der Waals surface area contributed by atoms with E-state index in [0.717, 1.165) is 0 Å². The molecule has 2 N–H and O–H groups in total. The summed E-state index contributed by atoms with van der Waals surface area (Å²) in [6.07, 6.45) is 2.99. The molecule has 0 atom stereocenters. The first-order chi connectivity index (χ1) is 6.08. The Balaban J connectivity index is 2.45. The fraction of sp³-hybridized carbons (Fsp3) is 0.500. The number of nitrogens with zero attached hydrogens (tertiary/aromatic N) is 2. The molecule has 1 rings (SSSR count). The fourth-order valence-electron chi connectivity index (χ4n) is 0.913. The van der Waals surface area contributed by atoms with Gasteiger partial charge in [0.25, 0.3) is 0 Å². The molecule has 72 valence electrons. The number of hydrogen-bond acceptors (Lipinski definition) is 4. The highest BCUT2D eigenvalue weighted by molar-refractivity contribution is 5.69. The highest BCUT2D eigenvalue weighted by atomic mass is 16.5. The quantitative estimate of drug-likeness (QED) is 0.689. The first-order valence-corrected chi connectivity index (χ1v) is 4.04. The molecule has 0 aliphatic carbocycles. The highest BCUT2D eigenvalue weighted by Crippen LogP contribution is 1.98. The molecule has 1 heterocycles. The lowest BCUT2D eigenvalue weighted by Gasteiger charge is -2.07. The molecule has 0 aliphatic rings. The Bertz CT molecular complexity index is 293. The summed E-state index contributed by atoms with van der Waals surface area (Å²) in [6.45, 7) is 3.77. The van der Waals surface area contributed by atoms with E-state index in [1.54, 1.807) is 24.6 Å². The first kappa shape index (κ1) is 9.57. The molecule has 5 nitrogen and oxygen atoms in total. The molecule has 0 bridgehead atoms. The molecule has 13 heavy (non-hydrogen) atoms. The molecule has 0 radical (unpaired) electrons. The molecule has 0 fully saturated rings. The number of nitrogens with two attached hydrogens (primary N) is 1. The molecule has 0 aliphatic heterocycles. The number of rotatable bonds is 3. The van der Waals surface area contributed by atoms with E-state index in [2.05, 4.69) is 4.98 Å². The van der Waals surface area contributed by atoms with Gasteiger partial charge in [-0.2, -0.15) is 0 Å². The second-order valence-electron chi connectivity index (χ2n) is 3.01. The van der Waals surface area contributed by atoms with E-state index in [1.807, 2.05) is 0 Å². The van der Waals surface area contributed by atoms with Crippen LogP contribution in [-0.2, 0) is 16.1 Å². The van der Waals surface area contributed by atoms with Crippen molar-refractivity contribution in [3.05, 3.63) is 12.5 Å². The minimum absolute atomic E-state index is 0.0895. The van der Waals surface area contributed by atoms with Gasteiger partial charge in [-0.1, -0.05) is 0 Å². The largest absolute Gasteiger partial charge is 0.462 e. The van der Waals surface area contributed by atoms with Crippen LogP contribution in [0.5, 0.6) is 0 Å². The average Bonchev–Trinajstić information content (AvgIpc) is 2.33. The van der Waals surface area contributed by atoms with Crippen molar-refractivity contribution in [1.29, 1.82) is 0 Å². The predicted octanol–water partition coefficient (Wildman–Crippen LogP) is 0.417. The first-order valence-electron chi connectivity index (χ1n) is 4.04. The summed E-state index contributed by atoms with van der Waals surface area (Å²) < 4.78 is 6.52. The molecule has 0 aromatic carbocycles. The zero-order valence-electron chi connectivity index (χ0n) is 7.73. The fourth-order valence-corrected chi connectivity index (χ4v) is 0.913. The molecular formula is C8H13N3O2. The van der Waals surface area contributed by atoms with Gasteiger partial charge in [-0.05, 0) is 13.8 Å². The van der Waals surface area contributed by atoms with E-state index in [4.69, 9.17) is 10.5 Å². The molecule has 0 spiro atoms. The van der Waals surface area contributed by atoms with Crippen LogP contribution >= 0.6 is 0 Å². The lowest BCUT2D eigenvalue weighted by Crippen LogP contribution is -2.16. The lowest BCUT2D eigenvalue weighted by atomic mass is 10.5. The molecule has 0 amide bonds. The minimum atomic E-state index is -0.285. The zero-order valence-corrected chi connectivity index (χ0v) is 7.73. The van der Waals surface area contributed by atoms with Crippen LogP contribution in [0.3, 0.4) is 0 Å². The van der Waals surface area contributed by atoms with E-state index in [1.165, 1.54) is 6.33 Å². The molecule has 0 unspecified atom stereocenters. The summed E-state index contributed by atoms with van der Waals surface area (Å²) in [6, 6.07) is 0. The summed E-state index contributed by atoms with van der Waals surface area (Å²) in [5, 5.41) is 0. The Morgan fingerprint density at radius 3 is 2.92 bits per heavy atom. The number of hydrogen-bond donors (Lipinski definition) is 1. The van der Waals surface area contributed by atoms with Crippen molar-refractivity contribution in [2.45, 2.75) is 26.5 Å². The Hall–Kier alpha value is -1.52. The normalized spacial score (nSPS) is 10.4. The lowest BCUT2D eigenvalue weighted by molar-refractivity contribution is -0.148. The number of carbonyl (C=O) groups excluding carboxylic acids is 1. The van der Waals surface area contributed by atoms with E-state index in [0.29, 0.717) is 5.82 Å². The SMILES string of the molecule is CC(C)OC(=O)Cn1cnc(N)c1. The van der Waals surface area contributed by atoms with E-state index in [9.17, 15) is 4.79 Å². The van der Waals surface area contributed by atoms with Gasteiger partial charge in [-0.15, -0.1) is 0 Å². The van der Waals surface area contributed by atoms with E-state index >= 15 is 0 Å². The zero-order chi connectivity index (χ0) is 9.84. The summed E-state index contributed by atoms with van der Waals surface area (Å²) in [4.78, 5) is 14.9. The van der Waals surface area contributed by atoms with Gasteiger partial charge in [0.15, 0.2) is 0 Å². The van der Waals surface area contributed by atoms with Crippen molar-refractivity contribution in [1.82, 2.24) is 9.55 Å². The van der Waals surface area contributed by atoms with Gasteiger partial charge in [0.2, 0.25) is 0 Å². The summed E-state index contributed by atoms with van der Waals surface area (Å²) in [5.74, 6) is 0.116. The van der Waals surface area contributed by atoms with Crippen molar-refractivity contribution in [3.8, 4) is 0 Å². The Labute approximate surface area is 76.5 Å². The number of ether oxygens (including phenoxy) is 1. The summed E-state index contributed by atoms with van der Waals surface area (Å²) in [7, 11) is 0. The van der Waals surface area contributed by atoms with Crippen LogP contribution < -0.4 is 5.73 Å². The maximum atomic E-state index is 11.1. The minimum Gasteiger partial charge on any atom is -0.462 e. The third kappa shape index (κ3) is 3.14. The van der Waals surface area contributed by atoms with Gasteiger partial charge in [-0.3, -0.25) is 4.79 Å². The van der Waals surface area contributed by atoms with Crippen molar-refractivity contribution in [2.24, 2.45) is 0 Å².